The lowest BCUT2D eigenvalue weighted by atomic mass is 10.1. The van der Waals surface area contributed by atoms with E-state index in [1.54, 1.807) is 21.6 Å². The number of hydrogen-bond donors (Lipinski definition) is 1. The summed E-state index contributed by atoms with van der Waals surface area (Å²) >= 11 is 0. The molecule has 2 aliphatic heterocycles. The molecular weight excluding hydrogens is 274 g/mol. The number of amides is 3. The highest BCUT2D eigenvalue weighted by molar-refractivity contribution is 5.76. The van der Waals surface area contributed by atoms with E-state index in [0.717, 1.165) is 12.8 Å². The molecule has 2 saturated heterocycles. The van der Waals surface area contributed by atoms with Crippen molar-refractivity contribution in [3.05, 3.63) is 0 Å². The van der Waals surface area contributed by atoms with Crippen LogP contribution in [-0.2, 0) is 9.59 Å². The predicted octanol–water partition coefficient (Wildman–Crippen LogP) is 0.457. The maximum atomic E-state index is 12.5. The van der Waals surface area contributed by atoms with Crippen LogP contribution in [0.4, 0.5) is 4.79 Å². The highest BCUT2D eigenvalue weighted by atomic mass is 16.4. The summed E-state index contributed by atoms with van der Waals surface area (Å²) in [6, 6.07) is -0.0201. The van der Waals surface area contributed by atoms with Crippen LogP contribution < -0.4 is 0 Å². The average Bonchev–Trinajstić information content (AvgIpc) is 2.73. The van der Waals surface area contributed by atoms with Crippen LogP contribution in [0.25, 0.3) is 0 Å². The quantitative estimate of drug-likeness (QED) is 0.803. The number of carbonyl (C=O) groups excluding carboxylic acids is 2. The van der Waals surface area contributed by atoms with Gasteiger partial charge >= 0.3 is 12.0 Å². The molecule has 1 unspecified atom stereocenters. The van der Waals surface area contributed by atoms with Crippen molar-refractivity contribution in [2.24, 2.45) is 5.92 Å². The van der Waals surface area contributed by atoms with E-state index in [9.17, 15) is 14.4 Å². The number of aliphatic carboxylic acids is 1. The van der Waals surface area contributed by atoms with Gasteiger partial charge in [0.2, 0.25) is 5.91 Å². The monoisotopic (exact) mass is 297 g/mol. The minimum Gasteiger partial charge on any atom is -0.481 e. The van der Waals surface area contributed by atoms with E-state index in [1.807, 2.05) is 0 Å². The maximum absolute atomic E-state index is 12.5. The minimum atomic E-state index is -0.804. The Balaban J connectivity index is 1.86. The van der Waals surface area contributed by atoms with Gasteiger partial charge in [-0.15, -0.1) is 0 Å². The highest BCUT2D eigenvalue weighted by Crippen LogP contribution is 2.21. The van der Waals surface area contributed by atoms with Crippen molar-refractivity contribution >= 4 is 17.9 Å². The van der Waals surface area contributed by atoms with Crippen molar-refractivity contribution in [2.45, 2.75) is 26.2 Å². The first-order chi connectivity index (χ1) is 9.97. The summed E-state index contributed by atoms with van der Waals surface area (Å²) < 4.78 is 0. The molecule has 0 aromatic rings. The van der Waals surface area contributed by atoms with Crippen LogP contribution in [0.1, 0.15) is 26.2 Å². The van der Waals surface area contributed by atoms with Crippen LogP contribution in [0.5, 0.6) is 0 Å². The molecule has 0 aromatic heterocycles. The fourth-order valence-corrected chi connectivity index (χ4v) is 3.04. The number of urea groups is 1. The Labute approximate surface area is 124 Å². The number of rotatable bonds is 2. The third-order valence-electron chi connectivity index (χ3n) is 4.23. The Morgan fingerprint density at radius 3 is 2.33 bits per heavy atom. The van der Waals surface area contributed by atoms with E-state index in [2.05, 4.69) is 0 Å². The SMILES string of the molecule is CC(=O)N1CCCN(C(=O)N2CCC(CC(=O)O)C2)CC1. The average molecular weight is 297 g/mol. The van der Waals surface area contributed by atoms with Gasteiger partial charge in [0.15, 0.2) is 0 Å². The molecule has 2 aliphatic rings. The van der Waals surface area contributed by atoms with Gasteiger partial charge in [0.25, 0.3) is 0 Å². The largest absolute Gasteiger partial charge is 0.481 e. The minimum absolute atomic E-state index is 0.0201. The number of nitrogens with zero attached hydrogens (tertiary/aromatic N) is 3. The molecule has 21 heavy (non-hydrogen) atoms. The van der Waals surface area contributed by atoms with Crippen LogP contribution in [0.15, 0.2) is 0 Å². The van der Waals surface area contributed by atoms with Crippen molar-refractivity contribution < 1.29 is 19.5 Å². The van der Waals surface area contributed by atoms with Crippen molar-refractivity contribution in [3.8, 4) is 0 Å². The van der Waals surface area contributed by atoms with Crippen molar-refractivity contribution in [1.29, 1.82) is 0 Å². The molecular formula is C14H23N3O4. The number of carboxylic acid groups (broad SMARTS) is 1. The Kier molecular flexibility index (Phi) is 5.03. The second-order valence-electron chi connectivity index (χ2n) is 5.83. The van der Waals surface area contributed by atoms with Crippen molar-refractivity contribution in [1.82, 2.24) is 14.7 Å². The first-order valence-electron chi connectivity index (χ1n) is 7.48. The molecule has 0 spiro atoms. The maximum Gasteiger partial charge on any atom is 0.320 e. The molecule has 2 fully saturated rings. The van der Waals surface area contributed by atoms with E-state index in [4.69, 9.17) is 5.11 Å². The van der Waals surface area contributed by atoms with E-state index in [1.165, 1.54) is 0 Å². The van der Waals surface area contributed by atoms with Crippen LogP contribution in [-0.4, -0.2) is 77.0 Å². The van der Waals surface area contributed by atoms with Crippen LogP contribution in [0.3, 0.4) is 0 Å². The van der Waals surface area contributed by atoms with Gasteiger partial charge in [-0.05, 0) is 18.8 Å². The number of likely N-dealkylation sites (tertiary alicyclic amines) is 1. The first-order valence-corrected chi connectivity index (χ1v) is 7.48. The van der Waals surface area contributed by atoms with E-state index in [0.29, 0.717) is 39.3 Å². The summed E-state index contributed by atoms with van der Waals surface area (Å²) in [5.41, 5.74) is 0. The molecule has 7 nitrogen and oxygen atoms in total. The van der Waals surface area contributed by atoms with Crippen molar-refractivity contribution in [3.63, 3.8) is 0 Å². The zero-order valence-corrected chi connectivity index (χ0v) is 12.5. The summed E-state index contributed by atoms with van der Waals surface area (Å²) in [6.07, 6.45) is 1.67. The molecule has 1 atom stereocenters. The van der Waals surface area contributed by atoms with E-state index in [-0.39, 0.29) is 24.3 Å². The third kappa shape index (κ3) is 4.09. The predicted molar refractivity (Wildman–Crippen MR) is 75.8 cm³/mol. The molecule has 3 amide bonds. The smallest absolute Gasteiger partial charge is 0.320 e. The van der Waals surface area contributed by atoms with Gasteiger partial charge in [-0.2, -0.15) is 0 Å². The topological polar surface area (TPSA) is 81.2 Å². The van der Waals surface area contributed by atoms with Crippen molar-refractivity contribution in [2.75, 3.05) is 39.3 Å². The molecule has 118 valence electrons. The summed E-state index contributed by atoms with van der Waals surface area (Å²) in [7, 11) is 0. The Hall–Kier alpha value is -1.79. The Morgan fingerprint density at radius 2 is 1.67 bits per heavy atom. The molecule has 0 bridgehead atoms. The second-order valence-corrected chi connectivity index (χ2v) is 5.83. The Morgan fingerprint density at radius 1 is 1.00 bits per heavy atom. The molecule has 2 rings (SSSR count). The number of carbonyl (C=O) groups is 3. The summed E-state index contributed by atoms with van der Waals surface area (Å²) in [5.74, 6) is -0.694. The molecule has 0 aliphatic carbocycles. The van der Waals surface area contributed by atoms with E-state index >= 15 is 0 Å². The summed E-state index contributed by atoms with van der Waals surface area (Å²) in [5, 5.41) is 8.81. The molecule has 0 radical (unpaired) electrons. The van der Waals surface area contributed by atoms with Gasteiger partial charge in [0, 0.05) is 52.6 Å². The van der Waals surface area contributed by atoms with Crippen LogP contribution >= 0.6 is 0 Å². The molecule has 0 saturated carbocycles. The number of carboxylic acids is 1. The van der Waals surface area contributed by atoms with Gasteiger partial charge < -0.3 is 19.8 Å². The summed E-state index contributed by atoms with van der Waals surface area (Å²) in [6.45, 7) is 5.19. The Bertz CT molecular complexity index is 426. The summed E-state index contributed by atoms with van der Waals surface area (Å²) in [4.78, 5) is 39.9. The zero-order chi connectivity index (χ0) is 15.4. The lowest BCUT2D eigenvalue weighted by molar-refractivity contribution is -0.138. The number of hydrogen-bond acceptors (Lipinski definition) is 3. The second kappa shape index (κ2) is 6.78. The van der Waals surface area contributed by atoms with Gasteiger partial charge in [0.1, 0.15) is 0 Å². The molecule has 0 aromatic carbocycles. The van der Waals surface area contributed by atoms with Crippen LogP contribution in [0.2, 0.25) is 0 Å². The van der Waals surface area contributed by atoms with E-state index < -0.39 is 5.97 Å². The zero-order valence-electron chi connectivity index (χ0n) is 12.5. The lowest BCUT2D eigenvalue weighted by Gasteiger charge is -2.27. The molecule has 1 N–H and O–H groups in total. The molecule has 2 heterocycles. The standard InChI is InChI=1S/C14H23N3O4/c1-11(18)15-4-2-5-16(8-7-15)14(21)17-6-3-12(10-17)9-13(19)20/h12H,2-10H2,1H3,(H,19,20). The normalized spacial score (nSPS) is 23.1. The van der Waals surface area contributed by atoms with Crippen LogP contribution in [0, 0.1) is 5.92 Å². The third-order valence-corrected chi connectivity index (χ3v) is 4.23. The highest BCUT2D eigenvalue weighted by Gasteiger charge is 2.31. The molecule has 7 heteroatoms. The van der Waals surface area contributed by atoms with Gasteiger partial charge in [-0.25, -0.2) is 4.79 Å². The fourth-order valence-electron chi connectivity index (χ4n) is 3.04. The van der Waals surface area contributed by atoms with Gasteiger partial charge in [-0.1, -0.05) is 0 Å². The lowest BCUT2D eigenvalue weighted by Crippen LogP contribution is -2.44. The fraction of sp³-hybridized carbons (Fsp3) is 0.786. The van der Waals surface area contributed by atoms with Gasteiger partial charge in [-0.3, -0.25) is 9.59 Å². The first kappa shape index (κ1) is 15.6. The van der Waals surface area contributed by atoms with Gasteiger partial charge in [0.05, 0.1) is 0 Å².